The molecule has 0 radical (unpaired) electrons. The molecule has 1 saturated heterocycles. The Bertz CT molecular complexity index is 324. The van der Waals surface area contributed by atoms with Gasteiger partial charge in [0.05, 0.1) is 24.9 Å². The lowest BCUT2D eigenvalue weighted by Gasteiger charge is -2.42. The second-order valence-electron chi connectivity index (χ2n) is 6.70. The first kappa shape index (κ1) is 17.2. The molecule has 2 atom stereocenters. The Balaban J connectivity index is 2.65. The lowest BCUT2D eigenvalue weighted by molar-refractivity contribution is -0.112. The fraction of sp³-hybridized carbons (Fsp3) is 0.933. The van der Waals surface area contributed by atoms with Crippen LogP contribution < -0.4 is 0 Å². The number of rotatable bonds is 4. The minimum Gasteiger partial charge on any atom is -0.444 e. The molecule has 1 rings (SSSR count). The molecule has 20 heavy (non-hydrogen) atoms. The topological polar surface area (TPSA) is 59.0 Å². The van der Waals surface area contributed by atoms with E-state index in [1.165, 1.54) is 0 Å². The van der Waals surface area contributed by atoms with Crippen molar-refractivity contribution in [3.63, 3.8) is 0 Å². The third-order valence-corrected chi connectivity index (χ3v) is 3.47. The number of hydrogen-bond acceptors (Lipinski definition) is 4. The fourth-order valence-electron chi connectivity index (χ4n) is 2.39. The number of carbonyl (C=O) groups excluding carboxylic acids is 1. The number of ether oxygens (including phenoxy) is 2. The molecule has 2 unspecified atom stereocenters. The molecule has 118 valence electrons. The Labute approximate surface area is 122 Å². The van der Waals surface area contributed by atoms with Crippen LogP contribution in [0.1, 0.15) is 53.9 Å². The average molecular weight is 287 g/mol. The van der Waals surface area contributed by atoms with Crippen LogP contribution >= 0.6 is 0 Å². The van der Waals surface area contributed by atoms with Crippen molar-refractivity contribution in [1.82, 2.24) is 4.90 Å². The standard InChI is InChI=1S/C15H29NO4/c1-6-15(19-10-12(2)17)8-7-9-16(11-15)13(18)20-14(3,4)5/h12,17H,6-11H2,1-5H3. The summed E-state index contributed by atoms with van der Waals surface area (Å²) >= 11 is 0. The summed E-state index contributed by atoms with van der Waals surface area (Å²) in [5.74, 6) is 0. The van der Waals surface area contributed by atoms with Crippen LogP contribution in [0.5, 0.6) is 0 Å². The lowest BCUT2D eigenvalue weighted by Crippen LogP contribution is -2.53. The van der Waals surface area contributed by atoms with Gasteiger partial charge in [0.15, 0.2) is 0 Å². The Morgan fingerprint density at radius 2 is 2.10 bits per heavy atom. The zero-order valence-corrected chi connectivity index (χ0v) is 13.4. The molecule has 0 aromatic heterocycles. The summed E-state index contributed by atoms with van der Waals surface area (Å²) in [5, 5.41) is 9.39. The van der Waals surface area contributed by atoms with Crippen molar-refractivity contribution in [1.29, 1.82) is 0 Å². The molecule has 1 heterocycles. The van der Waals surface area contributed by atoms with Gasteiger partial charge in [-0.05, 0) is 47.0 Å². The third-order valence-electron chi connectivity index (χ3n) is 3.47. The van der Waals surface area contributed by atoms with Crippen LogP contribution in [-0.4, -0.2) is 53.1 Å². The highest BCUT2D eigenvalue weighted by Crippen LogP contribution is 2.29. The second-order valence-corrected chi connectivity index (χ2v) is 6.70. The molecule has 0 aliphatic carbocycles. The van der Waals surface area contributed by atoms with E-state index in [0.29, 0.717) is 19.7 Å². The van der Waals surface area contributed by atoms with Crippen molar-refractivity contribution < 1.29 is 19.4 Å². The van der Waals surface area contributed by atoms with Gasteiger partial charge < -0.3 is 19.5 Å². The largest absolute Gasteiger partial charge is 0.444 e. The van der Waals surface area contributed by atoms with Crippen LogP contribution in [0, 0.1) is 0 Å². The summed E-state index contributed by atoms with van der Waals surface area (Å²) in [4.78, 5) is 13.9. The molecule has 1 aliphatic heterocycles. The number of aliphatic hydroxyl groups excluding tert-OH is 1. The van der Waals surface area contributed by atoms with Gasteiger partial charge >= 0.3 is 6.09 Å². The van der Waals surface area contributed by atoms with Gasteiger partial charge in [0.25, 0.3) is 0 Å². The van der Waals surface area contributed by atoms with Crippen LogP contribution in [0.15, 0.2) is 0 Å². The van der Waals surface area contributed by atoms with E-state index in [-0.39, 0.29) is 11.7 Å². The molecule has 5 heteroatoms. The lowest BCUT2D eigenvalue weighted by atomic mass is 9.90. The highest BCUT2D eigenvalue weighted by molar-refractivity contribution is 5.68. The van der Waals surface area contributed by atoms with Crippen molar-refractivity contribution in [2.75, 3.05) is 19.7 Å². The number of aliphatic hydroxyl groups is 1. The summed E-state index contributed by atoms with van der Waals surface area (Å²) in [6, 6.07) is 0. The summed E-state index contributed by atoms with van der Waals surface area (Å²) < 4.78 is 11.3. The van der Waals surface area contributed by atoms with E-state index < -0.39 is 11.7 Å². The van der Waals surface area contributed by atoms with E-state index in [0.717, 1.165) is 19.3 Å². The zero-order valence-electron chi connectivity index (χ0n) is 13.4. The minimum absolute atomic E-state index is 0.282. The molecule has 5 nitrogen and oxygen atoms in total. The first-order chi connectivity index (χ1) is 9.17. The predicted octanol–water partition coefficient (Wildman–Crippen LogP) is 2.56. The van der Waals surface area contributed by atoms with Crippen LogP contribution in [0.2, 0.25) is 0 Å². The van der Waals surface area contributed by atoms with Crippen LogP contribution in [0.3, 0.4) is 0 Å². The first-order valence-electron chi connectivity index (χ1n) is 7.47. The van der Waals surface area contributed by atoms with Crippen molar-refractivity contribution in [3.8, 4) is 0 Å². The first-order valence-corrected chi connectivity index (χ1v) is 7.47. The number of amides is 1. The maximum atomic E-state index is 12.2. The Kier molecular flexibility index (Phi) is 5.83. The maximum absolute atomic E-state index is 12.2. The normalized spacial score (nSPS) is 25.4. The molecule has 1 aliphatic rings. The molecule has 0 bridgehead atoms. The molecule has 1 fully saturated rings. The number of carbonyl (C=O) groups is 1. The molecule has 0 aromatic carbocycles. The second kappa shape index (κ2) is 6.76. The van der Waals surface area contributed by atoms with Gasteiger partial charge in [-0.25, -0.2) is 4.79 Å². The highest BCUT2D eigenvalue weighted by Gasteiger charge is 2.38. The van der Waals surface area contributed by atoms with Gasteiger partial charge in [-0.1, -0.05) is 6.92 Å². The van der Waals surface area contributed by atoms with E-state index >= 15 is 0 Å². The van der Waals surface area contributed by atoms with Crippen LogP contribution in [0.25, 0.3) is 0 Å². The van der Waals surface area contributed by atoms with Gasteiger partial charge in [-0.2, -0.15) is 0 Å². The summed E-state index contributed by atoms with van der Waals surface area (Å²) in [6.45, 7) is 10.9. The van der Waals surface area contributed by atoms with Crippen LogP contribution in [0.4, 0.5) is 4.79 Å². The molecular weight excluding hydrogens is 258 g/mol. The number of likely N-dealkylation sites (tertiary alicyclic amines) is 1. The predicted molar refractivity (Wildman–Crippen MR) is 77.7 cm³/mol. The SMILES string of the molecule is CCC1(OCC(C)O)CCCN(C(=O)OC(C)(C)C)C1. The van der Waals surface area contributed by atoms with Crippen molar-refractivity contribution >= 4 is 6.09 Å². The summed E-state index contributed by atoms with van der Waals surface area (Å²) in [7, 11) is 0. The average Bonchev–Trinajstić information content (AvgIpc) is 2.34. The Morgan fingerprint density at radius 1 is 1.45 bits per heavy atom. The number of hydrogen-bond donors (Lipinski definition) is 1. The quantitative estimate of drug-likeness (QED) is 0.863. The van der Waals surface area contributed by atoms with Gasteiger partial charge in [0, 0.05) is 6.54 Å². The van der Waals surface area contributed by atoms with E-state index in [1.807, 2.05) is 20.8 Å². The molecule has 1 N–H and O–H groups in total. The fourth-order valence-corrected chi connectivity index (χ4v) is 2.39. The van der Waals surface area contributed by atoms with Gasteiger partial charge in [0.2, 0.25) is 0 Å². The molecule has 0 spiro atoms. The van der Waals surface area contributed by atoms with Gasteiger partial charge in [-0.3, -0.25) is 0 Å². The molecule has 1 amide bonds. The highest BCUT2D eigenvalue weighted by atomic mass is 16.6. The Hall–Kier alpha value is -0.810. The van der Waals surface area contributed by atoms with Crippen molar-refractivity contribution in [2.45, 2.75) is 71.2 Å². The molecular formula is C15H29NO4. The summed E-state index contributed by atoms with van der Waals surface area (Å²) in [6.07, 6.45) is 1.85. The molecule has 0 saturated carbocycles. The van der Waals surface area contributed by atoms with Gasteiger partial charge in [-0.15, -0.1) is 0 Å². The maximum Gasteiger partial charge on any atom is 0.410 e. The smallest absolute Gasteiger partial charge is 0.410 e. The Morgan fingerprint density at radius 3 is 2.60 bits per heavy atom. The third kappa shape index (κ3) is 5.29. The van der Waals surface area contributed by atoms with Crippen LogP contribution in [-0.2, 0) is 9.47 Å². The van der Waals surface area contributed by atoms with E-state index in [9.17, 15) is 9.90 Å². The number of piperidine rings is 1. The zero-order chi connectivity index (χ0) is 15.4. The van der Waals surface area contributed by atoms with E-state index in [4.69, 9.17) is 9.47 Å². The van der Waals surface area contributed by atoms with Crippen molar-refractivity contribution in [3.05, 3.63) is 0 Å². The van der Waals surface area contributed by atoms with Gasteiger partial charge in [0.1, 0.15) is 5.60 Å². The van der Waals surface area contributed by atoms with E-state index in [1.54, 1.807) is 11.8 Å². The number of nitrogens with zero attached hydrogens (tertiary/aromatic N) is 1. The van der Waals surface area contributed by atoms with E-state index in [2.05, 4.69) is 6.92 Å². The minimum atomic E-state index is -0.490. The van der Waals surface area contributed by atoms with Crippen molar-refractivity contribution in [2.24, 2.45) is 0 Å². The monoisotopic (exact) mass is 287 g/mol. The summed E-state index contributed by atoms with van der Waals surface area (Å²) in [5.41, 5.74) is -0.837. The molecule has 0 aromatic rings.